The first kappa shape index (κ1) is 20.1. The van der Waals surface area contributed by atoms with Crippen molar-refractivity contribution in [2.45, 2.75) is 64.0 Å². The molecule has 1 saturated heterocycles. The summed E-state index contributed by atoms with van der Waals surface area (Å²) < 4.78 is 47.3. The van der Waals surface area contributed by atoms with Crippen molar-refractivity contribution in [2.24, 2.45) is 0 Å². The van der Waals surface area contributed by atoms with Crippen LogP contribution in [-0.2, 0) is 6.54 Å². The van der Waals surface area contributed by atoms with Crippen LogP contribution in [0.25, 0.3) is 0 Å². The first-order valence-electron chi connectivity index (χ1n) is 10.1. The average molecular weight is 408 g/mol. The summed E-state index contributed by atoms with van der Waals surface area (Å²) in [7, 11) is 1.66. The molecule has 1 fully saturated rings. The lowest BCUT2D eigenvalue weighted by molar-refractivity contribution is -0.173. The van der Waals surface area contributed by atoms with Crippen molar-refractivity contribution < 1.29 is 17.9 Å². The smallest absolute Gasteiger partial charge is 0.410 e. The van der Waals surface area contributed by atoms with Gasteiger partial charge in [0.2, 0.25) is 0 Å². The number of hydrogen-bond donors (Lipinski definition) is 1. The highest BCUT2D eigenvalue weighted by atomic mass is 19.4. The van der Waals surface area contributed by atoms with Gasteiger partial charge in [0.05, 0.1) is 18.8 Å². The maximum absolute atomic E-state index is 13.6. The van der Waals surface area contributed by atoms with Gasteiger partial charge in [0.1, 0.15) is 11.6 Å². The molecule has 158 valence electrons. The normalized spacial score (nSPS) is 25.0. The van der Waals surface area contributed by atoms with Crippen LogP contribution >= 0.6 is 0 Å². The largest absolute Gasteiger partial charge is 0.496 e. The fraction of sp³-hybridized carbons (Fsp3) is 0.571. The number of anilines is 1. The summed E-state index contributed by atoms with van der Waals surface area (Å²) in [6.45, 7) is 5.39. The molecular formula is C21H27F3N4O. The van der Waals surface area contributed by atoms with E-state index in [1.165, 1.54) is 0 Å². The molecular weight excluding hydrogens is 381 g/mol. The number of ether oxygens (including phenoxy) is 1. The first-order valence-corrected chi connectivity index (χ1v) is 10.1. The third-order valence-corrected chi connectivity index (χ3v) is 5.91. The lowest BCUT2D eigenvalue weighted by Crippen LogP contribution is -2.37. The molecule has 2 aliphatic heterocycles. The zero-order valence-electron chi connectivity index (χ0n) is 17.0. The van der Waals surface area contributed by atoms with Gasteiger partial charge >= 0.3 is 6.18 Å². The highest BCUT2D eigenvalue weighted by Crippen LogP contribution is 2.42. The number of nitrogens with zero attached hydrogens (tertiary/aromatic N) is 3. The lowest BCUT2D eigenvalue weighted by Gasteiger charge is -2.31. The zero-order valence-corrected chi connectivity index (χ0v) is 17.0. The number of rotatable bonds is 4. The molecule has 1 aromatic carbocycles. The van der Waals surface area contributed by atoms with Gasteiger partial charge in [-0.2, -0.15) is 18.3 Å². The van der Waals surface area contributed by atoms with E-state index >= 15 is 0 Å². The summed E-state index contributed by atoms with van der Waals surface area (Å²) in [5.41, 5.74) is 2.95. The Bertz CT molecular complexity index is 879. The van der Waals surface area contributed by atoms with Crippen molar-refractivity contribution in [3.05, 3.63) is 41.1 Å². The second-order valence-corrected chi connectivity index (χ2v) is 8.18. The van der Waals surface area contributed by atoms with Gasteiger partial charge in [-0.15, -0.1) is 0 Å². The predicted molar refractivity (Wildman–Crippen MR) is 105 cm³/mol. The molecule has 4 rings (SSSR count). The number of fused-ring (bicyclic) bond motifs is 1. The van der Waals surface area contributed by atoms with Crippen LogP contribution in [0.1, 0.15) is 55.1 Å². The molecule has 0 aliphatic carbocycles. The topological polar surface area (TPSA) is 42.3 Å². The van der Waals surface area contributed by atoms with Crippen LogP contribution in [0.4, 0.5) is 19.0 Å². The Hall–Kier alpha value is -2.22. The van der Waals surface area contributed by atoms with Gasteiger partial charge < -0.3 is 10.1 Å². The van der Waals surface area contributed by atoms with Crippen molar-refractivity contribution in [3.63, 3.8) is 0 Å². The Balaban J connectivity index is 1.61. The molecule has 29 heavy (non-hydrogen) atoms. The maximum atomic E-state index is 13.6. The molecule has 2 aromatic rings. The Morgan fingerprint density at radius 3 is 2.79 bits per heavy atom. The van der Waals surface area contributed by atoms with Crippen molar-refractivity contribution in [3.8, 4) is 5.75 Å². The Labute approximate surface area is 168 Å². The van der Waals surface area contributed by atoms with Gasteiger partial charge in [0, 0.05) is 24.2 Å². The van der Waals surface area contributed by atoms with Crippen molar-refractivity contribution >= 4 is 5.82 Å². The molecule has 3 heterocycles. The second kappa shape index (κ2) is 7.55. The molecule has 0 bridgehead atoms. The predicted octanol–water partition coefficient (Wildman–Crippen LogP) is 4.84. The summed E-state index contributed by atoms with van der Waals surface area (Å²) in [6, 6.07) is 6.07. The van der Waals surface area contributed by atoms with Crippen molar-refractivity contribution in [2.75, 3.05) is 19.0 Å². The average Bonchev–Trinajstić information content (AvgIpc) is 3.26. The van der Waals surface area contributed by atoms with E-state index in [0.717, 1.165) is 40.9 Å². The molecule has 2 aliphatic rings. The van der Waals surface area contributed by atoms with E-state index in [1.54, 1.807) is 20.1 Å². The van der Waals surface area contributed by atoms with E-state index in [1.807, 2.05) is 19.1 Å². The molecule has 0 spiro atoms. The third-order valence-electron chi connectivity index (χ3n) is 5.91. The van der Waals surface area contributed by atoms with E-state index in [0.29, 0.717) is 18.1 Å². The first-order chi connectivity index (χ1) is 13.8. The zero-order chi connectivity index (χ0) is 20.8. The fourth-order valence-electron chi connectivity index (χ4n) is 4.54. The summed E-state index contributed by atoms with van der Waals surface area (Å²) in [5, 5.41) is 7.59. The molecule has 8 heteroatoms. The van der Waals surface area contributed by atoms with Crippen LogP contribution in [0.5, 0.6) is 5.75 Å². The Kier molecular flexibility index (Phi) is 5.23. The number of nitrogens with one attached hydrogen (secondary N) is 1. The fourth-order valence-corrected chi connectivity index (χ4v) is 4.54. The summed E-state index contributed by atoms with van der Waals surface area (Å²) in [6.07, 6.45) is -2.43. The Morgan fingerprint density at radius 1 is 1.28 bits per heavy atom. The minimum Gasteiger partial charge on any atom is -0.496 e. The molecule has 5 nitrogen and oxygen atoms in total. The highest BCUT2D eigenvalue weighted by Gasteiger charge is 2.46. The number of likely N-dealkylation sites (tertiary alicyclic amines) is 1. The quantitative estimate of drug-likeness (QED) is 0.786. The molecule has 0 radical (unpaired) electrons. The summed E-state index contributed by atoms with van der Waals surface area (Å²) >= 11 is 0. The van der Waals surface area contributed by atoms with E-state index in [4.69, 9.17) is 4.74 Å². The van der Waals surface area contributed by atoms with Crippen LogP contribution < -0.4 is 10.1 Å². The second-order valence-electron chi connectivity index (χ2n) is 8.18. The van der Waals surface area contributed by atoms with E-state index < -0.39 is 12.2 Å². The van der Waals surface area contributed by atoms with Crippen molar-refractivity contribution in [1.29, 1.82) is 0 Å². The molecule has 1 N–H and O–H groups in total. The van der Waals surface area contributed by atoms with Gasteiger partial charge in [0.15, 0.2) is 6.04 Å². The van der Waals surface area contributed by atoms with Crippen LogP contribution in [0.15, 0.2) is 24.3 Å². The van der Waals surface area contributed by atoms with Crippen LogP contribution in [-0.4, -0.2) is 40.6 Å². The maximum Gasteiger partial charge on any atom is 0.410 e. The van der Waals surface area contributed by atoms with E-state index in [-0.39, 0.29) is 18.5 Å². The standard InChI is InChI=1S/C21H27F3N4O/c1-13-6-7-18(29-3)15(9-13)12-27-8-4-5-17(27)16-11-20-25-14(2)10-19(21(22,23)24)28(20)26-16/h6-7,9,11,14,17,19,25H,4-5,8,10,12H2,1-3H3/t14-,17-,19-/m1/s1. The van der Waals surface area contributed by atoms with Gasteiger partial charge in [-0.05, 0) is 45.7 Å². The van der Waals surface area contributed by atoms with Crippen LogP contribution in [0.3, 0.4) is 0 Å². The minimum absolute atomic E-state index is 0.00399. The molecule has 0 saturated carbocycles. The highest BCUT2D eigenvalue weighted by molar-refractivity contribution is 5.42. The van der Waals surface area contributed by atoms with E-state index in [2.05, 4.69) is 21.4 Å². The van der Waals surface area contributed by atoms with Gasteiger partial charge in [-0.25, -0.2) is 4.68 Å². The molecule has 3 atom stereocenters. The number of aromatic nitrogens is 2. The number of hydrogen-bond acceptors (Lipinski definition) is 4. The van der Waals surface area contributed by atoms with E-state index in [9.17, 15) is 13.2 Å². The number of methoxy groups -OCH3 is 1. The SMILES string of the molecule is COc1ccc(C)cc1CN1CCC[C@@H]1c1cc2n(n1)[C@@H](C(F)(F)F)C[C@@H](C)N2. The molecule has 1 aromatic heterocycles. The minimum atomic E-state index is -4.31. The lowest BCUT2D eigenvalue weighted by atomic mass is 10.1. The summed E-state index contributed by atoms with van der Waals surface area (Å²) in [5.74, 6) is 1.29. The van der Waals surface area contributed by atoms with Crippen LogP contribution in [0, 0.1) is 6.92 Å². The van der Waals surface area contributed by atoms with Crippen molar-refractivity contribution in [1.82, 2.24) is 14.7 Å². The summed E-state index contributed by atoms with van der Waals surface area (Å²) in [4.78, 5) is 2.29. The number of halogens is 3. The van der Waals surface area contributed by atoms with Crippen LogP contribution in [0.2, 0.25) is 0 Å². The van der Waals surface area contributed by atoms with Gasteiger partial charge in [0.25, 0.3) is 0 Å². The molecule has 0 unspecified atom stereocenters. The third kappa shape index (κ3) is 3.95. The number of alkyl halides is 3. The number of benzene rings is 1. The van der Waals surface area contributed by atoms with Gasteiger partial charge in [-0.1, -0.05) is 17.7 Å². The molecule has 0 amide bonds. The van der Waals surface area contributed by atoms with Gasteiger partial charge in [-0.3, -0.25) is 4.90 Å². The monoisotopic (exact) mass is 408 g/mol. The number of aryl methyl sites for hydroxylation is 1. The Morgan fingerprint density at radius 2 is 2.07 bits per heavy atom.